The lowest BCUT2D eigenvalue weighted by molar-refractivity contribution is -0.177. The number of ether oxygens (including phenoxy) is 1. The molecule has 15 heavy (non-hydrogen) atoms. The first-order chi connectivity index (χ1) is 7.08. The standard InChI is InChI=1S/C13H18O2/c1-8-11-3-10-4-12(8)7-13(5-10,6-11)15-9(2)14/h10-12H,1,3-7H2,2H3/t10?,11-,12+,13?. The number of carbonyl (C=O) groups is 1. The van der Waals surface area contributed by atoms with E-state index in [4.69, 9.17) is 4.74 Å². The number of allylic oxidation sites excluding steroid dienone is 1. The van der Waals surface area contributed by atoms with Crippen LogP contribution in [0.25, 0.3) is 0 Å². The Labute approximate surface area is 90.7 Å². The SMILES string of the molecule is C=C1[C@@H]2CC3C[C@H]1CC(OC(C)=O)(C3)C2. The minimum atomic E-state index is -0.109. The lowest BCUT2D eigenvalue weighted by Gasteiger charge is -2.56. The molecule has 2 unspecified atom stereocenters. The van der Waals surface area contributed by atoms with Crippen LogP contribution in [0.15, 0.2) is 12.2 Å². The molecule has 4 bridgehead atoms. The van der Waals surface area contributed by atoms with Crippen LogP contribution in [0, 0.1) is 17.8 Å². The summed E-state index contributed by atoms with van der Waals surface area (Å²) in [7, 11) is 0. The van der Waals surface area contributed by atoms with E-state index >= 15 is 0 Å². The molecule has 0 N–H and O–H groups in total. The molecule has 0 spiro atoms. The average molecular weight is 206 g/mol. The molecule has 4 fully saturated rings. The zero-order chi connectivity index (χ0) is 10.6. The van der Waals surface area contributed by atoms with Gasteiger partial charge in [0.2, 0.25) is 0 Å². The first-order valence-electron chi connectivity index (χ1n) is 5.96. The van der Waals surface area contributed by atoms with Gasteiger partial charge in [-0.05, 0) is 49.9 Å². The fourth-order valence-electron chi connectivity index (χ4n) is 4.24. The Morgan fingerprint density at radius 3 is 2.47 bits per heavy atom. The second-order valence-corrected chi connectivity index (χ2v) is 5.70. The molecule has 0 aromatic rings. The Morgan fingerprint density at radius 2 is 1.93 bits per heavy atom. The van der Waals surface area contributed by atoms with E-state index in [1.807, 2.05) is 0 Å². The van der Waals surface area contributed by atoms with Crippen molar-refractivity contribution in [1.82, 2.24) is 0 Å². The van der Waals surface area contributed by atoms with Gasteiger partial charge in [0.1, 0.15) is 5.60 Å². The van der Waals surface area contributed by atoms with Crippen molar-refractivity contribution in [2.24, 2.45) is 17.8 Å². The Morgan fingerprint density at radius 1 is 1.33 bits per heavy atom. The quantitative estimate of drug-likeness (QED) is 0.487. The molecule has 0 aromatic heterocycles. The Balaban J connectivity index is 1.89. The summed E-state index contributed by atoms with van der Waals surface area (Å²) in [6.07, 6.45) is 5.76. The van der Waals surface area contributed by atoms with E-state index in [-0.39, 0.29) is 11.6 Å². The van der Waals surface area contributed by atoms with Gasteiger partial charge in [-0.2, -0.15) is 0 Å². The zero-order valence-corrected chi connectivity index (χ0v) is 9.29. The minimum absolute atomic E-state index is 0.108. The predicted octanol–water partition coefficient (Wildman–Crippen LogP) is 2.68. The van der Waals surface area contributed by atoms with E-state index in [9.17, 15) is 4.79 Å². The van der Waals surface area contributed by atoms with E-state index in [1.165, 1.54) is 25.3 Å². The zero-order valence-electron chi connectivity index (χ0n) is 9.29. The van der Waals surface area contributed by atoms with Crippen molar-refractivity contribution in [3.05, 3.63) is 12.2 Å². The molecule has 0 amide bonds. The van der Waals surface area contributed by atoms with Crippen molar-refractivity contribution in [3.63, 3.8) is 0 Å². The highest BCUT2D eigenvalue weighted by atomic mass is 16.6. The summed E-state index contributed by atoms with van der Waals surface area (Å²) < 4.78 is 5.62. The van der Waals surface area contributed by atoms with Gasteiger partial charge in [0.15, 0.2) is 0 Å². The van der Waals surface area contributed by atoms with Crippen molar-refractivity contribution in [2.75, 3.05) is 0 Å². The highest BCUT2D eigenvalue weighted by Crippen LogP contribution is 2.58. The van der Waals surface area contributed by atoms with Crippen molar-refractivity contribution in [2.45, 2.75) is 44.6 Å². The largest absolute Gasteiger partial charge is 0.459 e. The van der Waals surface area contributed by atoms with Gasteiger partial charge in [0.05, 0.1) is 0 Å². The van der Waals surface area contributed by atoms with Gasteiger partial charge in [0, 0.05) is 6.92 Å². The van der Waals surface area contributed by atoms with Gasteiger partial charge in [0.25, 0.3) is 0 Å². The van der Waals surface area contributed by atoms with E-state index in [0.717, 1.165) is 25.2 Å². The maximum Gasteiger partial charge on any atom is 0.303 e. The van der Waals surface area contributed by atoms with Crippen LogP contribution in [0.1, 0.15) is 39.0 Å². The summed E-state index contributed by atoms with van der Waals surface area (Å²) >= 11 is 0. The van der Waals surface area contributed by atoms with Crippen LogP contribution >= 0.6 is 0 Å². The Kier molecular flexibility index (Phi) is 1.80. The fourth-order valence-corrected chi connectivity index (χ4v) is 4.24. The smallest absolute Gasteiger partial charge is 0.303 e. The molecule has 4 rings (SSSR count). The van der Waals surface area contributed by atoms with Crippen molar-refractivity contribution in [1.29, 1.82) is 0 Å². The van der Waals surface area contributed by atoms with E-state index in [2.05, 4.69) is 6.58 Å². The molecule has 4 saturated carbocycles. The topological polar surface area (TPSA) is 26.3 Å². The van der Waals surface area contributed by atoms with E-state index < -0.39 is 0 Å². The summed E-state index contributed by atoms with van der Waals surface area (Å²) in [5, 5.41) is 0. The molecular weight excluding hydrogens is 188 g/mol. The Hall–Kier alpha value is -0.790. The summed E-state index contributed by atoms with van der Waals surface area (Å²) in [6, 6.07) is 0. The van der Waals surface area contributed by atoms with Crippen molar-refractivity contribution >= 4 is 5.97 Å². The van der Waals surface area contributed by atoms with Crippen molar-refractivity contribution < 1.29 is 9.53 Å². The van der Waals surface area contributed by atoms with Crippen LogP contribution < -0.4 is 0 Å². The van der Waals surface area contributed by atoms with E-state index in [0.29, 0.717) is 11.8 Å². The maximum atomic E-state index is 11.2. The number of hydrogen-bond acceptors (Lipinski definition) is 2. The van der Waals surface area contributed by atoms with Gasteiger partial charge in [-0.25, -0.2) is 0 Å². The number of carbonyl (C=O) groups excluding carboxylic acids is 1. The lowest BCUT2D eigenvalue weighted by atomic mass is 9.52. The maximum absolute atomic E-state index is 11.2. The monoisotopic (exact) mass is 206 g/mol. The van der Waals surface area contributed by atoms with Gasteiger partial charge < -0.3 is 4.74 Å². The highest BCUT2D eigenvalue weighted by molar-refractivity contribution is 5.66. The van der Waals surface area contributed by atoms with Crippen LogP contribution in [-0.2, 0) is 9.53 Å². The molecule has 2 heteroatoms. The predicted molar refractivity (Wildman–Crippen MR) is 57.2 cm³/mol. The molecule has 0 aliphatic heterocycles. The third-order valence-electron chi connectivity index (χ3n) is 4.54. The first kappa shape index (κ1) is 9.44. The van der Waals surface area contributed by atoms with Crippen LogP contribution in [-0.4, -0.2) is 11.6 Å². The number of rotatable bonds is 1. The normalized spacial score (nSPS) is 47.0. The molecule has 0 radical (unpaired) electrons. The third kappa shape index (κ3) is 1.34. The van der Waals surface area contributed by atoms with Gasteiger partial charge in [-0.3, -0.25) is 4.79 Å². The second kappa shape index (κ2) is 2.87. The van der Waals surface area contributed by atoms with Crippen LogP contribution in [0.5, 0.6) is 0 Å². The molecule has 4 aliphatic carbocycles. The molecule has 82 valence electrons. The molecule has 0 heterocycles. The summed E-state index contributed by atoms with van der Waals surface area (Å²) in [5.74, 6) is 1.95. The van der Waals surface area contributed by atoms with Crippen LogP contribution in [0.2, 0.25) is 0 Å². The Bertz CT molecular complexity index is 313. The van der Waals surface area contributed by atoms with Gasteiger partial charge >= 0.3 is 5.97 Å². The third-order valence-corrected chi connectivity index (χ3v) is 4.54. The average Bonchev–Trinajstić information content (AvgIpc) is 2.10. The van der Waals surface area contributed by atoms with Gasteiger partial charge in [-0.15, -0.1) is 0 Å². The van der Waals surface area contributed by atoms with Crippen molar-refractivity contribution in [3.8, 4) is 0 Å². The molecule has 4 atom stereocenters. The molecule has 4 aliphatic rings. The summed E-state index contributed by atoms with van der Waals surface area (Å²) in [6.45, 7) is 5.76. The molecule has 2 nitrogen and oxygen atoms in total. The van der Waals surface area contributed by atoms with Crippen LogP contribution in [0.4, 0.5) is 0 Å². The second-order valence-electron chi connectivity index (χ2n) is 5.70. The van der Waals surface area contributed by atoms with E-state index in [1.54, 1.807) is 0 Å². The number of hydrogen-bond donors (Lipinski definition) is 0. The first-order valence-corrected chi connectivity index (χ1v) is 5.96. The summed E-state index contributed by atoms with van der Waals surface area (Å²) in [4.78, 5) is 11.2. The van der Waals surface area contributed by atoms with Gasteiger partial charge in [-0.1, -0.05) is 12.2 Å². The number of esters is 1. The van der Waals surface area contributed by atoms with Crippen LogP contribution in [0.3, 0.4) is 0 Å². The molecule has 0 aromatic carbocycles. The minimum Gasteiger partial charge on any atom is -0.459 e. The molecular formula is C13H18O2. The summed E-state index contributed by atoms with van der Waals surface area (Å²) in [5.41, 5.74) is 1.33. The lowest BCUT2D eigenvalue weighted by Crippen LogP contribution is -2.53. The molecule has 0 saturated heterocycles. The fraction of sp³-hybridized carbons (Fsp3) is 0.769. The highest BCUT2D eigenvalue weighted by Gasteiger charge is 2.54.